The van der Waals surface area contributed by atoms with Gasteiger partial charge in [-0.2, -0.15) is 0 Å². The number of hydrogen-bond donors (Lipinski definition) is 3. The molecule has 3 aromatic rings. The molecule has 1 aromatic heterocycles. The number of nitrogens with two attached hydrogens (primary N) is 2. The van der Waals surface area contributed by atoms with E-state index in [-0.39, 0.29) is 0 Å². The van der Waals surface area contributed by atoms with Crippen LogP contribution in [0.5, 0.6) is 0 Å². The van der Waals surface area contributed by atoms with E-state index in [0.717, 1.165) is 15.9 Å². The molecule has 0 fully saturated rings. The third kappa shape index (κ3) is 2.70. The molecule has 0 bridgehead atoms. The number of rotatable bonds is 3. The number of fused-ring (bicyclic) bond motifs is 1. The van der Waals surface area contributed by atoms with Gasteiger partial charge in [0.1, 0.15) is 0 Å². The molecule has 0 unspecified atom stereocenters. The highest BCUT2D eigenvalue weighted by Gasteiger charge is 2.15. The van der Waals surface area contributed by atoms with Gasteiger partial charge in [0.15, 0.2) is 0 Å². The Bertz CT molecular complexity index is 811. The maximum Gasteiger partial charge on any atom is 0.249 e. The Hall–Kier alpha value is -2.11. The molecule has 1 amide bonds. The molecule has 106 valence electrons. The third-order valence-electron chi connectivity index (χ3n) is 3.05. The quantitative estimate of drug-likeness (QED) is 0.644. The Morgan fingerprint density at radius 1 is 1.19 bits per heavy atom. The summed E-state index contributed by atoms with van der Waals surface area (Å²) in [6.07, 6.45) is 0. The monoisotopic (exact) mass is 317 g/mol. The number of aromatic nitrogens is 1. The van der Waals surface area contributed by atoms with Gasteiger partial charge in [-0.1, -0.05) is 41.6 Å². The number of amides is 1. The van der Waals surface area contributed by atoms with Gasteiger partial charge in [-0.25, -0.2) is 0 Å². The van der Waals surface area contributed by atoms with E-state index in [4.69, 9.17) is 23.1 Å². The van der Waals surface area contributed by atoms with Gasteiger partial charge in [0.05, 0.1) is 15.6 Å². The number of halogens is 1. The van der Waals surface area contributed by atoms with Crippen molar-refractivity contribution in [3.05, 3.63) is 53.1 Å². The summed E-state index contributed by atoms with van der Waals surface area (Å²) in [6, 6.07) is 13.1. The second-order valence-electron chi connectivity index (χ2n) is 4.57. The first-order chi connectivity index (χ1) is 10.0. The number of para-hydroxylation sites is 1. The summed E-state index contributed by atoms with van der Waals surface area (Å²) in [5, 5.41) is 2.38. The molecular weight excluding hydrogens is 306 g/mol. The number of carbonyl (C=O) groups is 1. The van der Waals surface area contributed by atoms with Crippen molar-refractivity contribution in [2.45, 2.75) is 9.92 Å². The first-order valence-corrected chi connectivity index (χ1v) is 7.38. The Morgan fingerprint density at radius 3 is 2.67 bits per heavy atom. The molecule has 0 aliphatic carbocycles. The molecule has 6 heteroatoms. The number of anilines is 1. The minimum Gasteiger partial charge on any atom is -0.399 e. The molecule has 3 rings (SSSR count). The lowest BCUT2D eigenvalue weighted by Crippen LogP contribution is -2.13. The summed E-state index contributed by atoms with van der Waals surface area (Å²) < 4.78 is 0. The van der Waals surface area contributed by atoms with Crippen LogP contribution in [0.3, 0.4) is 0 Å². The SMILES string of the molecule is NC(=O)c1cc(N)cc(Cl)c1Sc1cc2ccccc2[nH]1. The highest BCUT2D eigenvalue weighted by molar-refractivity contribution is 7.99. The molecule has 1 heterocycles. The number of benzene rings is 2. The molecule has 0 saturated carbocycles. The second-order valence-corrected chi connectivity index (χ2v) is 6.03. The zero-order valence-electron chi connectivity index (χ0n) is 10.9. The van der Waals surface area contributed by atoms with Gasteiger partial charge in [0.2, 0.25) is 5.91 Å². The zero-order chi connectivity index (χ0) is 15.0. The van der Waals surface area contributed by atoms with Gasteiger partial charge >= 0.3 is 0 Å². The first kappa shape index (κ1) is 13.9. The van der Waals surface area contributed by atoms with Gasteiger partial charge in [0, 0.05) is 21.5 Å². The van der Waals surface area contributed by atoms with Crippen LogP contribution in [0.15, 0.2) is 52.4 Å². The maximum atomic E-state index is 11.6. The Balaban J connectivity index is 2.06. The number of hydrogen-bond acceptors (Lipinski definition) is 3. The Kier molecular flexibility index (Phi) is 3.53. The van der Waals surface area contributed by atoms with E-state index in [2.05, 4.69) is 4.98 Å². The topological polar surface area (TPSA) is 84.9 Å². The average molecular weight is 318 g/mol. The highest BCUT2D eigenvalue weighted by atomic mass is 35.5. The van der Waals surface area contributed by atoms with Crippen molar-refractivity contribution in [1.82, 2.24) is 4.98 Å². The molecular formula is C15H12ClN3OS. The average Bonchev–Trinajstić information content (AvgIpc) is 2.83. The van der Waals surface area contributed by atoms with Crippen molar-refractivity contribution in [2.75, 3.05) is 5.73 Å². The highest BCUT2D eigenvalue weighted by Crippen LogP contribution is 2.38. The Morgan fingerprint density at radius 2 is 1.95 bits per heavy atom. The van der Waals surface area contributed by atoms with Crippen molar-refractivity contribution in [2.24, 2.45) is 5.73 Å². The molecule has 21 heavy (non-hydrogen) atoms. The molecule has 0 atom stereocenters. The van der Waals surface area contributed by atoms with E-state index >= 15 is 0 Å². The lowest BCUT2D eigenvalue weighted by Gasteiger charge is -2.09. The van der Waals surface area contributed by atoms with Gasteiger partial charge < -0.3 is 16.5 Å². The fourth-order valence-electron chi connectivity index (χ4n) is 2.11. The molecule has 0 aliphatic heterocycles. The largest absolute Gasteiger partial charge is 0.399 e. The van der Waals surface area contributed by atoms with Crippen LogP contribution in [0.4, 0.5) is 5.69 Å². The van der Waals surface area contributed by atoms with E-state index in [1.165, 1.54) is 11.8 Å². The zero-order valence-corrected chi connectivity index (χ0v) is 12.5. The van der Waals surface area contributed by atoms with E-state index in [1.54, 1.807) is 12.1 Å². The van der Waals surface area contributed by atoms with Crippen LogP contribution in [0, 0.1) is 0 Å². The molecule has 5 N–H and O–H groups in total. The van der Waals surface area contributed by atoms with Crippen LogP contribution in [-0.2, 0) is 0 Å². The molecule has 0 radical (unpaired) electrons. The van der Waals surface area contributed by atoms with E-state index in [9.17, 15) is 4.79 Å². The first-order valence-electron chi connectivity index (χ1n) is 6.19. The number of aromatic amines is 1. The summed E-state index contributed by atoms with van der Waals surface area (Å²) in [4.78, 5) is 15.4. The van der Waals surface area contributed by atoms with Crippen molar-refractivity contribution in [1.29, 1.82) is 0 Å². The van der Waals surface area contributed by atoms with Crippen LogP contribution in [0.25, 0.3) is 10.9 Å². The smallest absolute Gasteiger partial charge is 0.249 e. The predicted octanol–water partition coefficient (Wildman–Crippen LogP) is 3.65. The van der Waals surface area contributed by atoms with E-state index in [1.807, 2.05) is 30.3 Å². The fraction of sp³-hybridized carbons (Fsp3) is 0. The second kappa shape index (κ2) is 5.35. The Labute approximate surface area is 130 Å². The van der Waals surface area contributed by atoms with E-state index < -0.39 is 5.91 Å². The number of nitrogens with one attached hydrogen (secondary N) is 1. The van der Waals surface area contributed by atoms with Gasteiger partial charge in [-0.15, -0.1) is 0 Å². The standard InChI is InChI=1S/C15H12ClN3OS/c16-11-7-9(17)6-10(15(18)20)14(11)21-13-5-8-3-1-2-4-12(8)19-13/h1-7,19H,17H2,(H2,18,20). The molecule has 4 nitrogen and oxygen atoms in total. The molecule has 0 aliphatic rings. The van der Waals surface area contributed by atoms with Crippen molar-refractivity contribution >= 4 is 45.9 Å². The fourth-order valence-corrected chi connectivity index (χ4v) is 3.45. The van der Waals surface area contributed by atoms with Gasteiger partial charge in [0.25, 0.3) is 0 Å². The van der Waals surface area contributed by atoms with Gasteiger partial charge in [-0.05, 0) is 24.3 Å². The summed E-state index contributed by atoms with van der Waals surface area (Å²) in [7, 11) is 0. The van der Waals surface area contributed by atoms with Crippen molar-refractivity contribution in [3.63, 3.8) is 0 Å². The van der Waals surface area contributed by atoms with E-state index in [0.29, 0.717) is 21.2 Å². The van der Waals surface area contributed by atoms with Crippen molar-refractivity contribution < 1.29 is 4.79 Å². The lowest BCUT2D eigenvalue weighted by atomic mass is 10.2. The predicted molar refractivity (Wildman–Crippen MR) is 86.8 cm³/mol. The number of carbonyl (C=O) groups excluding carboxylic acids is 1. The van der Waals surface area contributed by atoms with Crippen molar-refractivity contribution in [3.8, 4) is 0 Å². The van der Waals surface area contributed by atoms with Crippen LogP contribution in [0.2, 0.25) is 5.02 Å². The van der Waals surface area contributed by atoms with Gasteiger partial charge in [-0.3, -0.25) is 4.79 Å². The van der Waals surface area contributed by atoms with Crippen LogP contribution in [0.1, 0.15) is 10.4 Å². The summed E-state index contributed by atoms with van der Waals surface area (Å²) in [6.45, 7) is 0. The third-order valence-corrected chi connectivity index (χ3v) is 4.54. The normalized spacial score (nSPS) is 10.9. The summed E-state index contributed by atoms with van der Waals surface area (Å²) >= 11 is 7.56. The minimum atomic E-state index is -0.553. The van der Waals surface area contributed by atoms with Crippen LogP contribution >= 0.6 is 23.4 Å². The summed E-state index contributed by atoms with van der Waals surface area (Å²) in [5.74, 6) is -0.553. The number of nitrogen functional groups attached to an aromatic ring is 1. The minimum absolute atomic E-state index is 0.323. The van der Waals surface area contributed by atoms with Crippen LogP contribution in [-0.4, -0.2) is 10.9 Å². The lowest BCUT2D eigenvalue weighted by molar-refractivity contribution is 0.0997. The van der Waals surface area contributed by atoms with Crippen LogP contribution < -0.4 is 11.5 Å². The molecule has 0 saturated heterocycles. The molecule has 2 aromatic carbocycles. The number of primary amides is 1. The maximum absolute atomic E-state index is 11.6. The summed E-state index contributed by atoms with van der Waals surface area (Å²) in [5.41, 5.74) is 12.9. The number of H-pyrrole nitrogens is 1. The molecule has 0 spiro atoms.